The van der Waals surface area contributed by atoms with Crippen LogP contribution in [0.5, 0.6) is 0 Å². The highest BCUT2D eigenvalue weighted by atomic mass is 15.2. The molecular formula is C72H48N2. The standard InChI is InChI=1S/C72H48N2/c1-6-25-50(26-7-1)71(51-27-8-2-9-28-51)63-39-21-18-36-58(63)60-45-43-56(48-66(60)71)74(54-33-14-5-15-34-54)70-57-35-17-16-24-49(57)46-68-69(70)62-38-20-23-41-65(62)72(68)64-40-22-19-37-59(64)61-44-42-55(47-67(61)72)73(52-29-10-3-11-30-52)53-31-12-4-13-32-53/h1-48H. The molecule has 0 amide bonds. The molecule has 0 saturated carbocycles. The largest absolute Gasteiger partial charge is 0.310 e. The van der Waals surface area contributed by atoms with Crippen LogP contribution < -0.4 is 9.80 Å². The van der Waals surface area contributed by atoms with Crippen LogP contribution in [0.2, 0.25) is 0 Å². The Balaban J connectivity index is 1.04. The highest BCUT2D eigenvalue weighted by molar-refractivity contribution is 6.12. The van der Waals surface area contributed by atoms with Crippen molar-refractivity contribution in [1.82, 2.24) is 0 Å². The van der Waals surface area contributed by atoms with E-state index in [9.17, 15) is 0 Å². The molecule has 1 spiro atoms. The molecule has 1 unspecified atom stereocenters. The molecule has 3 aliphatic rings. The van der Waals surface area contributed by atoms with Gasteiger partial charge in [0.15, 0.2) is 0 Å². The van der Waals surface area contributed by atoms with Crippen LogP contribution in [0.15, 0.2) is 291 Å². The van der Waals surface area contributed by atoms with Gasteiger partial charge in [-0.1, -0.05) is 224 Å². The van der Waals surface area contributed by atoms with E-state index < -0.39 is 10.8 Å². The lowest BCUT2D eigenvalue weighted by Gasteiger charge is -2.35. The highest BCUT2D eigenvalue weighted by Gasteiger charge is 2.53. The van der Waals surface area contributed by atoms with E-state index in [1.807, 2.05) is 0 Å². The molecule has 0 heterocycles. The number of hydrogen-bond acceptors (Lipinski definition) is 2. The van der Waals surface area contributed by atoms with E-state index in [0.29, 0.717) is 0 Å². The highest BCUT2D eigenvalue weighted by Crippen LogP contribution is 2.67. The van der Waals surface area contributed by atoms with Gasteiger partial charge in [-0.25, -0.2) is 0 Å². The summed E-state index contributed by atoms with van der Waals surface area (Å²) in [6.07, 6.45) is 0. The molecule has 0 fully saturated rings. The summed E-state index contributed by atoms with van der Waals surface area (Å²) in [4.78, 5) is 4.98. The Morgan fingerprint density at radius 2 is 0.608 bits per heavy atom. The van der Waals surface area contributed by atoms with Gasteiger partial charge in [0.2, 0.25) is 0 Å². The van der Waals surface area contributed by atoms with Crippen LogP contribution in [0, 0.1) is 0 Å². The fourth-order valence-electron chi connectivity index (χ4n) is 13.4. The Morgan fingerprint density at radius 1 is 0.230 bits per heavy atom. The second kappa shape index (κ2) is 16.5. The zero-order chi connectivity index (χ0) is 48.8. The van der Waals surface area contributed by atoms with Crippen molar-refractivity contribution in [2.24, 2.45) is 0 Å². The lowest BCUT2D eigenvalue weighted by Crippen LogP contribution is -2.28. The van der Waals surface area contributed by atoms with Gasteiger partial charge in [-0.05, 0) is 144 Å². The van der Waals surface area contributed by atoms with Crippen LogP contribution in [0.4, 0.5) is 34.1 Å². The summed E-state index contributed by atoms with van der Waals surface area (Å²) in [6, 6.07) is 108. The summed E-state index contributed by atoms with van der Waals surface area (Å²) < 4.78 is 0. The molecule has 0 aromatic heterocycles. The number of para-hydroxylation sites is 3. The smallest absolute Gasteiger partial charge is 0.0727 e. The fraction of sp³-hybridized carbons (Fsp3) is 0.0278. The summed E-state index contributed by atoms with van der Waals surface area (Å²) in [5.74, 6) is 0. The van der Waals surface area contributed by atoms with Gasteiger partial charge < -0.3 is 9.80 Å². The number of nitrogens with zero attached hydrogens (tertiary/aromatic N) is 2. The second-order valence-corrected chi connectivity index (χ2v) is 19.9. The number of fused-ring (bicyclic) bond motifs is 14. The predicted octanol–water partition coefficient (Wildman–Crippen LogP) is 18.5. The van der Waals surface area contributed by atoms with E-state index in [-0.39, 0.29) is 0 Å². The third-order valence-electron chi connectivity index (χ3n) is 16.3. The first kappa shape index (κ1) is 42.2. The van der Waals surface area contributed by atoms with Gasteiger partial charge in [0.25, 0.3) is 0 Å². The minimum absolute atomic E-state index is 0.563. The third kappa shape index (κ3) is 5.88. The lowest BCUT2D eigenvalue weighted by atomic mass is 9.67. The Kier molecular flexibility index (Phi) is 9.43. The van der Waals surface area contributed by atoms with Crippen LogP contribution in [-0.2, 0) is 10.8 Å². The molecule has 346 valence electrons. The zero-order valence-electron chi connectivity index (χ0n) is 40.6. The van der Waals surface area contributed by atoms with Gasteiger partial charge in [-0.2, -0.15) is 0 Å². The normalized spacial score (nSPS) is 14.9. The zero-order valence-corrected chi connectivity index (χ0v) is 40.6. The molecule has 74 heavy (non-hydrogen) atoms. The number of rotatable bonds is 8. The molecule has 15 rings (SSSR count). The number of anilines is 6. The Morgan fingerprint density at radius 3 is 1.15 bits per heavy atom. The summed E-state index contributed by atoms with van der Waals surface area (Å²) in [5, 5.41) is 2.39. The van der Waals surface area contributed by atoms with Crippen molar-refractivity contribution >= 4 is 44.9 Å². The minimum atomic E-state index is -0.636. The van der Waals surface area contributed by atoms with E-state index in [1.165, 1.54) is 94.3 Å². The van der Waals surface area contributed by atoms with Gasteiger partial charge in [0.1, 0.15) is 0 Å². The van der Waals surface area contributed by atoms with Crippen molar-refractivity contribution in [3.8, 4) is 33.4 Å². The van der Waals surface area contributed by atoms with E-state index in [2.05, 4.69) is 301 Å². The second-order valence-electron chi connectivity index (χ2n) is 19.9. The molecule has 1 atom stereocenters. The summed E-state index contributed by atoms with van der Waals surface area (Å²) in [5.41, 5.74) is 23.3. The molecule has 0 bridgehead atoms. The average Bonchev–Trinajstić information content (AvgIpc) is 4.06. The first-order chi connectivity index (χ1) is 36.7. The quantitative estimate of drug-likeness (QED) is 0.150. The number of benzene rings is 12. The van der Waals surface area contributed by atoms with Crippen LogP contribution in [0.1, 0.15) is 44.5 Å². The minimum Gasteiger partial charge on any atom is -0.310 e. The molecule has 0 radical (unpaired) electrons. The maximum Gasteiger partial charge on any atom is 0.0727 e. The summed E-state index contributed by atoms with van der Waals surface area (Å²) in [7, 11) is 0. The van der Waals surface area contributed by atoms with E-state index in [1.54, 1.807) is 0 Å². The fourth-order valence-corrected chi connectivity index (χ4v) is 13.4. The van der Waals surface area contributed by atoms with Crippen molar-refractivity contribution in [3.63, 3.8) is 0 Å². The van der Waals surface area contributed by atoms with Gasteiger partial charge in [-0.3, -0.25) is 0 Å². The first-order valence-corrected chi connectivity index (χ1v) is 25.8. The monoisotopic (exact) mass is 940 g/mol. The molecule has 12 aromatic carbocycles. The number of hydrogen-bond donors (Lipinski definition) is 0. The van der Waals surface area contributed by atoms with Crippen LogP contribution in [-0.4, -0.2) is 0 Å². The van der Waals surface area contributed by atoms with Crippen LogP contribution >= 0.6 is 0 Å². The first-order valence-electron chi connectivity index (χ1n) is 25.8. The topological polar surface area (TPSA) is 6.48 Å². The van der Waals surface area contributed by atoms with Gasteiger partial charge in [0.05, 0.1) is 16.5 Å². The third-order valence-corrected chi connectivity index (χ3v) is 16.3. The van der Waals surface area contributed by atoms with Crippen molar-refractivity contribution in [2.45, 2.75) is 10.8 Å². The van der Waals surface area contributed by atoms with Gasteiger partial charge in [0, 0.05) is 39.4 Å². The Bertz CT molecular complexity index is 4050. The SMILES string of the molecule is c1ccc(N(c2ccccc2)c2ccc3c(c2)C2(c4ccccc4-3)c3ccccc3-c3c2cc2ccccc2c3N(c2ccccc2)c2ccc3c(c2)C(c2ccccc2)(c2ccccc2)c2ccccc2-3)cc1. The maximum absolute atomic E-state index is 2.58. The van der Waals surface area contributed by atoms with Gasteiger partial charge in [-0.15, -0.1) is 0 Å². The molecule has 12 aromatic rings. The summed E-state index contributed by atoms with van der Waals surface area (Å²) >= 11 is 0. The Labute approximate surface area is 432 Å². The predicted molar refractivity (Wildman–Crippen MR) is 307 cm³/mol. The van der Waals surface area contributed by atoms with Crippen molar-refractivity contribution in [3.05, 3.63) is 336 Å². The molecule has 2 heteroatoms. The molecule has 0 aliphatic heterocycles. The summed E-state index contributed by atoms with van der Waals surface area (Å²) in [6.45, 7) is 0. The molecule has 0 saturated heterocycles. The Hall–Kier alpha value is -9.50. The van der Waals surface area contributed by atoms with Crippen LogP contribution in [0.3, 0.4) is 0 Å². The molecule has 0 N–H and O–H groups in total. The average molecular weight is 941 g/mol. The van der Waals surface area contributed by atoms with Crippen LogP contribution in [0.25, 0.3) is 44.2 Å². The van der Waals surface area contributed by atoms with E-state index in [4.69, 9.17) is 0 Å². The van der Waals surface area contributed by atoms with Crippen molar-refractivity contribution in [1.29, 1.82) is 0 Å². The maximum atomic E-state index is 2.58. The van der Waals surface area contributed by atoms with Gasteiger partial charge >= 0.3 is 0 Å². The van der Waals surface area contributed by atoms with Crippen molar-refractivity contribution < 1.29 is 0 Å². The lowest BCUT2D eigenvalue weighted by molar-refractivity contribution is 0.768. The molecule has 3 aliphatic carbocycles. The van der Waals surface area contributed by atoms with E-state index in [0.717, 1.165) is 28.4 Å². The molecule has 2 nitrogen and oxygen atoms in total. The molecular weight excluding hydrogens is 893 g/mol. The van der Waals surface area contributed by atoms with E-state index >= 15 is 0 Å². The van der Waals surface area contributed by atoms with Crippen molar-refractivity contribution in [2.75, 3.05) is 9.80 Å².